The predicted molar refractivity (Wildman–Crippen MR) is 65.5 cm³/mol. The molecule has 0 spiro atoms. The Kier molecular flexibility index (Phi) is 5.10. The van der Waals surface area contributed by atoms with Crippen LogP contribution in [0.3, 0.4) is 0 Å². The number of ether oxygens (including phenoxy) is 1. The van der Waals surface area contributed by atoms with Gasteiger partial charge in [0.15, 0.2) is 0 Å². The normalized spacial score (nSPS) is 11.7. The number of nitrogens with one attached hydrogen (secondary N) is 1. The van der Waals surface area contributed by atoms with Gasteiger partial charge in [0.25, 0.3) is 0 Å². The van der Waals surface area contributed by atoms with Gasteiger partial charge in [0.2, 0.25) is 0 Å². The van der Waals surface area contributed by atoms with Crippen molar-refractivity contribution in [2.24, 2.45) is 5.92 Å². The second kappa shape index (κ2) is 6.58. The number of carbonyl (C=O) groups is 2. The first-order valence-electron chi connectivity index (χ1n) is 5.65. The first kappa shape index (κ1) is 14.0. The van der Waals surface area contributed by atoms with Crippen molar-refractivity contribution >= 4 is 17.8 Å². The summed E-state index contributed by atoms with van der Waals surface area (Å²) in [6.07, 6.45) is 1.52. The Morgan fingerprint density at radius 3 is 2.89 bits per heavy atom. The molecule has 1 aromatic heterocycles. The molecule has 6 nitrogen and oxygen atoms in total. The fraction of sp³-hybridized carbons (Fsp3) is 0.417. The second-order valence-corrected chi connectivity index (χ2v) is 3.74. The van der Waals surface area contributed by atoms with Crippen LogP contribution in [0.25, 0.3) is 0 Å². The van der Waals surface area contributed by atoms with Gasteiger partial charge in [-0.25, -0.2) is 9.78 Å². The van der Waals surface area contributed by atoms with Crippen molar-refractivity contribution in [2.75, 3.05) is 18.5 Å². The van der Waals surface area contributed by atoms with Gasteiger partial charge in [-0.1, -0.05) is 6.92 Å². The van der Waals surface area contributed by atoms with Gasteiger partial charge in [0.1, 0.15) is 11.4 Å². The van der Waals surface area contributed by atoms with Gasteiger partial charge in [0, 0.05) is 12.7 Å². The molecule has 0 saturated heterocycles. The fourth-order valence-electron chi connectivity index (χ4n) is 1.26. The van der Waals surface area contributed by atoms with Crippen LogP contribution in [0.2, 0.25) is 0 Å². The molecule has 0 saturated carbocycles. The molecule has 1 rings (SSSR count). The molecule has 1 heterocycles. The summed E-state index contributed by atoms with van der Waals surface area (Å²) in [5.74, 6) is -1.61. The van der Waals surface area contributed by atoms with E-state index in [1.54, 1.807) is 26.0 Å². The summed E-state index contributed by atoms with van der Waals surface area (Å²) in [7, 11) is 0. The molecule has 6 heteroatoms. The van der Waals surface area contributed by atoms with Gasteiger partial charge in [-0.2, -0.15) is 0 Å². The van der Waals surface area contributed by atoms with Crippen LogP contribution in [0.15, 0.2) is 18.3 Å². The quantitative estimate of drug-likeness (QED) is 0.744. The Balaban J connectivity index is 2.76. The summed E-state index contributed by atoms with van der Waals surface area (Å²) in [6, 6.07) is 3.21. The molecule has 98 valence electrons. The molecule has 1 aromatic rings. The monoisotopic (exact) mass is 252 g/mol. The topological polar surface area (TPSA) is 88.5 Å². The van der Waals surface area contributed by atoms with Gasteiger partial charge in [-0.05, 0) is 19.1 Å². The summed E-state index contributed by atoms with van der Waals surface area (Å²) in [5, 5.41) is 11.6. The van der Waals surface area contributed by atoms with E-state index in [1.165, 1.54) is 6.20 Å². The molecule has 0 fully saturated rings. The maximum absolute atomic E-state index is 11.6. The largest absolute Gasteiger partial charge is 0.481 e. The summed E-state index contributed by atoms with van der Waals surface area (Å²) in [4.78, 5) is 26.3. The number of aliphatic carboxylic acids is 1. The Labute approximate surface area is 105 Å². The third-order valence-corrected chi connectivity index (χ3v) is 2.30. The highest BCUT2D eigenvalue weighted by molar-refractivity contribution is 5.94. The summed E-state index contributed by atoms with van der Waals surface area (Å²) in [6.45, 7) is 3.76. The highest BCUT2D eigenvalue weighted by atomic mass is 16.5. The number of hydrogen-bond donors (Lipinski definition) is 2. The second-order valence-electron chi connectivity index (χ2n) is 3.74. The van der Waals surface area contributed by atoms with Gasteiger partial charge in [-0.15, -0.1) is 0 Å². The SMILES string of the molecule is CCOC(=O)c1cccnc1NCC(C)C(=O)O. The van der Waals surface area contributed by atoms with Crippen molar-refractivity contribution in [1.29, 1.82) is 0 Å². The lowest BCUT2D eigenvalue weighted by atomic mass is 10.2. The molecule has 0 bridgehead atoms. The van der Waals surface area contributed by atoms with Crippen molar-refractivity contribution in [2.45, 2.75) is 13.8 Å². The molecular formula is C12H16N2O4. The number of anilines is 1. The molecule has 0 radical (unpaired) electrons. The van der Waals surface area contributed by atoms with Crippen molar-refractivity contribution in [3.8, 4) is 0 Å². The number of carbonyl (C=O) groups excluding carboxylic acids is 1. The van der Waals surface area contributed by atoms with E-state index >= 15 is 0 Å². The van der Waals surface area contributed by atoms with Crippen molar-refractivity contribution < 1.29 is 19.4 Å². The van der Waals surface area contributed by atoms with Crippen LogP contribution in [-0.2, 0) is 9.53 Å². The molecule has 0 aliphatic heterocycles. The average molecular weight is 252 g/mol. The smallest absolute Gasteiger partial charge is 0.341 e. The Morgan fingerprint density at radius 2 is 2.28 bits per heavy atom. The number of rotatable bonds is 6. The maximum atomic E-state index is 11.6. The van der Waals surface area contributed by atoms with Crippen molar-refractivity contribution in [1.82, 2.24) is 4.98 Å². The van der Waals surface area contributed by atoms with Crippen LogP contribution < -0.4 is 5.32 Å². The van der Waals surface area contributed by atoms with Crippen LogP contribution in [0.5, 0.6) is 0 Å². The lowest BCUT2D eigenvalue weighted by Crippen LogP contribution is -2.21. The van der Waals surface area contributed by atoms with Crippen LogP contribution >= 0.6 is 0 Å². The highest BCUT2D eigenvalue weighted by Gasteiger charge is 2.15. The molecule has 2 N–H and O–H groups in total. The molecule has 0 amide bonds. The molecule has 1 unspecified atom stereocenters. The zero-order chi connectivity index (χ0) is 13.5. The zero-order valence-corrected chi connectivity index (χ0v) is 10.3. The molecule has 1 atom stereocenters. The number of hydrogen-bond acceptors (Lipinski definition) is 5. The molecular weight excluding hydrogens is 236 g/mol. The van der Waals surface area contributed by atoms with E-state index in [2.05, 4.69) is 10.3 Å². The Morgan fingerprint density at radius 1 is 1.56 bits per heavy atom. The van der Waals surface area contributed by atoms with E-state index in [-0.39, 0.29) is 13.2 Å². The fourth-order valence-corrected chi connectivity index (χ4v) is 1.26. The minimum atomic E-state index is -0.906. The summed E-state index contributed by atoms with van der Waals surface area (Å²) in [5.41, 5.74) is 0.303. The zero-order valence-electron chi connectivity index (χ0n) is 10.3. The number of carboxylic acid groups (broad SMARTS) is 1. The first-order chi connectivity index (χ1) is 8.56. The first-order valence-corrected chi connectivity index (χ1v) is 5.65. The molecule has 0 aromatic carbocycles. The van der Waals surface area contributed by atoms with E-state index < -0.39 is 17.9 Å². The predicted octanol–water partition coefficient (Wildman–Crippen LogP) is 1.39. The number of nitrogens with zero attached hydrogens (tertiary/aromatic N) is 1. The lowest BCUT2D eigenvalue weighted by molar-refractivity contribution is -0.140. The maximum Gasteiger partial charge on any atom is 0.341 e. The van der Waals surface area contributed by atoms with E-state index in [1.807, 2.05) is 0 Å². The van der Waals surface area contributed by atoms with Crippen molar-refractivity contribution in [3.63, 3.8) is 0 Å². The van der Waals surface area contributed by atoms with Crippen molar-refractivity contribution in [3.05, 3.63) is 23.9 Å². The van der Waals surface area contributed by atoms with Gasteiger partial charge in [-0.3, -0.25) is 4.79 Å². The van der Waals surface area contributed by atoms with E-state index in [0.717, 1.165) is 0 Å². The van der Waals surface area contributed by atoms with Gasteiger partial charge in [0.05, 0.1) is 12.5 Å². The third kappa shape index (κ3) is 3.73. The van der Waals surface area contributed by atoms with Crippen LogP contribution in [0.4, 0.5) is 5.82 Å². The minimum absolute atomic E-state index is 0.193. The summed E-state index contributed by atoms with van der Waals surface area (Å²) < 4.78 is 4.89. The minimum Gasteiger partial charge on any atom is -0.481 e. The van der Waals surface area contributed by atoms with Crippen LogP contribution in [0.1, 0.15) is 24.2 Å². The van der Waals surface area contributed by atoms with E-state index in [9.17, 15) is 9.59 Å². The molecule has 0 aliphatic rings. The number of esters is 1. The number of carboxylic acids is 1. The lowest BCUT2D eigenvalue weighted by Gasteiger charge is -2.11. The number of aromatic nitrogens is 1. The standard InChI is InChI=1S/C12H16N2O4/c1-3-18-12(17)9-5-4-6-13-10(9)14-7-8(2)11(15)16/h4-6,8H,3,7H2,1-2H3,(H,13,14)(H,15,16). The molecule has 18 heavy (non-hydrogen) atoms. The number of pyridine rings is 1. The summed E-state index contributed by atoms with van der Waals surface area (Å²) >= 11 is 0. The van der Waals surface area contributed by atoms with E-state index in [0.29, 0.717) is 11.4 Å². The van der Waals surface area contributed by atoms with Crippen LogP contribution in [0, 0.1) is 5.92 Å². The highest BCUT2D eigenvalue weighted by Crippen LogP contribution is 2.13. The Hall–Kier alpha value is -2.11. The van der Waals surface area contributed by atoms with E-state index in [4.69, 9.17) is 9.84 Å². The van der Waals surface area contributed by atoms with Gasteiger partial charge >= 0.3 is 11.9 Å². The third-order valence-electron chi connectivity index (χ3n) is 2.30. The van der Waals surface area contributed by atoms with Crippen LogP contribution in [-0.4, -0.2) is 35.2 Å². The Bertz CT molecular complexity index is 434. The average Bonchev–Trinajstić information content (AvgIpc) is 2.36. The van der Waals surface area contributed by atoms with Gasteiger partial charge < -0.3 is 15.2 Å². The molecule has 0 aliphatic carbocycles.